The van der Waals surface area contributed by atoms with Crippen LogP contribution >= 0.6 is 11.6 Å². The number of aromatic nitrogens is 2. The summed E-state index contributed by atoms with van der Waals surface area (Å²) in [5.41, 5.74) is 3.21. The van der Waals surface area contributed by atoms with Crippen LogP contribution in [-0.4, -0.2) is 47.3 Å². The molecule has 4 rings (SSSR count). The van der Waals surface area contributed by atoms with E-state index >= 15 is 0 Å². The maximum atomic E-state index is 6.25. The van der Waals surface area contributed by atoms with Crippen molar-refractivity contribution in [1.29, 1.82) is 0 Å². The van der Waals surface area contributed by atoms with Crippen LogP contribution in [0.25, 0.3) is 11.0 Å². The molecule has 0 N–H and O–H groups in total. The molecule has 0 aliphatic carbocycles. The normalized spacial score (nSPS) is 15.2. The number of imidazole rings is 1. The molecule has 5 nitrogen and oxygen atoms in total. The van der Waals surface area contributed by atoms with Gasteiger partial charge in [-0.2, -0.15) is 0 Å². The van der Waals surface area contributed by atoms with Gasteiger partial charge in [-0.25, -0.2) is 4.98 Å². The molecule has 3 aromatic rings. The molecule has 1 fully saturated rings. The first-order valence-electron chi connectivity index (χ1n) is 9.83. The van der Waals surface area contributed by atoms with Gasteiger partial charge in [0.05, 0.1) is 24.2 Å². The third kappa shape index (κ3) is 4.66. The summed E-state index contributed by atoms with van der Waals surface area (Å²) in [6.45, 7) is 8.14. The number of ether oxygens (including phenoxy) is 2. The topological polar surface area (TPSA) is 39.5 Å². The molecular formula is C22H26ClN3O2. The van der Waals surface area contributed by atoms with Gasteiger partial charge in [0.1, 0.15) is 18.2 Å². The third-order valence-corrected chi connectivity index (χ3v) is 5.34. The number of rotatable bonds is 7. The highest BCUT2D eigenvalue weighted by molar-refractivity contribution is 6.31. The zero-order valence-electron chi connectivity index (χ0n) is 16.2. The van der Waals surface area contributed by atoms with Crippen LogP contribution < -0.4 is 4.74 Å². The average molecular weight is 400 g/mol. The van der Waals surface area contributed by atoms with Crippen LogP contribution in [0, 0.1) is 6.92 Å². The van der Waals surface area contributed by atoms with E-state index in [9.17, 15) is 0 Å². The van der Waals surface area contributed by atoms with Crippen LogP contribution in [0.3, 0.4) is 0 Å². The molecule has 2 aromatic carbocycles. The molecule has 0 bridgehead atoms. The van der Waals surface area contributed by atoms with Crippen LogP contribution in [-0.2, 0) is 17.9 Å². The van der Waals surface area contributed by atoms with E-state index in [1.54, 1.807) is 0 Å². The molecule has 0 spiro atoms. The van der Waals surface area contributed by atoms with Crippen molar-refractivity contribution in [3.05, 3.63) is 58.9 Å². The first-order chi connectivity index (χ1) is 13.7. The molecule has 1 saturated heterocycles. The Labute approximate surface area is 170 Å². The van der Waals surface area contributed by atoms with Gasteiger partial charge in [0.2, 0.25) is 0 Å². The maximum absolute atomic E-state index is 6.25. The van der Waals surface area contributed by atoms with Crippen molar-refractivity contribution in [1.82, 2.24) is 14.5 Å². The lowest BCUT2D eigenvalue weighted by Crippen LogP contribution is -2.37. The Bertz CT molecular complexity index is 935. The molecule has 28 heavy (non-hydrogen) atoms. The molecule has 0 atom stereocenters. The van der Waals surface area contributed by atoms with Gasteiger partial charge in [0.15, 0.2) is 0 Å². The molecule has 1 aromatic heterocycles. The molecule has 0 saturated carbocycles. The number of hydrogen-bond donors (Lipinski definition) is 0. The first-order valence-corrected chi connectivity index (χ1v) is 10.2. The average Bonchev–Trinajstić information content (AvgIpc) is 3.04. The van der Waals surface area contributed by atoms with Gasteiger partial charge in [-0.05, 0) is 49.2 Å². The fourth-order valence-corrected chi connectivity index (χ4v) is 3.80. The highest BCUT2D eigenvalue weighted by Crippen LogP contribution is 2.23. The smallest absolute Gasteiger partial charge is 0.147 e. The van der Waals surface area contributed by atoms with Gasteiger partial charge in [-0.3, -0.25) is 4.90 Å². The van der Waals surface area contributed by atoms with Crippen molar-refractivity contribution in [2.75, 3.05) is 32.8 Å². The second-order valence-electron chi connectivity index (χ2n) is 7.23. The van der Waals surface area contributed by atoms with Crippen LogP contribution in [0.4, 0.5) is 0 Å². The van der Waals surface area contributed by atoms with E-state index in [0.29, 0.717) is 6.61 Å². The summed E-state index contributed by atoms with van der Waals surface area (Å²) in [6, 6.07) is 14.0. The zero-order valence-corrected chi connectivity index (χ0v) is 17.0. The van der Waals surface area contributed by atoms with E-state index < -0.39 is 0 Å². The SMILES string of the molecule is Cc1cccc(OCc2nc3ccc(Cl)cc3n2CCCN2CCOCC2)c1. The highest BCUT2D eigenvalue weighted by atomic mass is 35.5. The van der Waals surface area contributed by atoms with Crippen molar-refractivity contribution in [2.24, 2.45) is 0 Å². The second kappa shape index (κ2) is 8.95. The van der Waals surface area contributed by atoms with Crippen molar-refractivity contribution in [3.63, 3.8) is 0 Å². The summed E-state index contributed by atoms with van der Waals surface area (Å²) < 4.78 is 13.7. The molecule has 148 valence electrons. The number of benzene rings is 2. The van der Waals surface area contributed by atoms with Gasteiger partial charge >= 0.3 is 0 Å². The number of nitrogens with zero attached hydrogens (tertiary/aromatic N) is 3. The summed E-state index contributed by atoms with van der Waals surface area (Å²) in [5.74, 6) is 1.80. The van der Waals surface area contributed by atoms with Crippen molar-refractivity contribution < 1.29 is 9.47 Å². The van der Waals surface area contributed by atoms with Gasteiger partial charge < -0.3 is 14.0 Å². The summed E-state index contributed by atoms with van der Waals surface area (Å²) >= 11 is 6.25. The Morgan fingerprint density at radius 3 is 2.79 bits per heavy atom. The minimum Gasteiger partial charge on any atom is -0.486 e. The van der Waals surface area contributed by atoms with Gasteiger partial charge in [-0.1, -0.05) is 23.7 Å². The van der Waals surface area contributed by atoms with Gasteiger partial charge in [-0.15, -0.1) is 0 Å². The predicted octanol–water partition coefficient (Wildman–Crippen LogP) is 4.30. The first kappa shape index (κ1) is 19.2. The lowest BCUT2D eigenvalue weighted by molar-refractivity contribution is 0.0369. The fourth-order valence-electron chi connectivity index (χ4n) is 3.64. The molecule has 6 heteroatoms. The predicted molar refractivity (Wildman–Crippen MR) is 112 cm³/mol. The van der Waals surface area contributed by atoms with Crippen molar-refractivity contribution in [2.45, 2.75) is 26.5 Å². The van der Waals surface area contributed by atoms with Crippen LogP contribution in [0.1, 0.15) is 17.8 Å². The number of halogens is 1. The number of hydrogen-bond acceptors (Lipinski definition) is 4. The minimum absolute atomic E-state index is 0.438. The lowest BCUT2D eigenvalue weighted by Gasteiger charge is -2.26. The summed E-state index contributed by atoms with van der Waals surface area (Å²) in [5, 5.41) is 0.730. The largest absolute Gasteiger partial charge is 0.486 e. The van der Waals surface area contributed by atoms with E-state index in [1.807, 2.05) is 36.4 Å². The zero-order chi connectivity index (χ0) is 19.3. The van der Waals surface area contributed by atoms with Gasteiger partial charge in [0, 0.05) is 31.2 Å². The quantitative estimate of drug-likeness (QED) is 0.593. The standard InChI is InChI=1S/C22H26ClN3O2/c1-17-4-2-5-19(14-17)28-16-22-24-20-7-6-18(23)15-21(20)26(22)9-3-8-25-10-12-27-13-11-25/h2,4-7,14-15H,3,8-13,16H2,1H3. The van der Waals surface area contributed by atoms with E-state index in [2.05, 4.69) is 22.5 Å². The summed E-state index contributed by atoms with van der Waals surface area (Å²) in [4.78, 5) is 7.26. The Morgan fingerprint density at radius 2 is 1.96 bits per heavy atom. The third-order valence-electron chi connectivity index (χ3n) is 5.11. The number of fused-ring (bicyclic) bond motifs is 1. The van der Waals surface area contributed by atoms with Crippen LogP contribution in [0.5, 0.6) is 5.75 Å². The second-order valence-corrected chi connectivity index (χ2v) is 7.66. The molecule has 0 radical (unpaired) electrons. The fraction of sp³-hybridized carbons (Fsp3) is 0.409. The summed E-state index contributed by atoms with van der Waals surface area (Å²) in [7, 11) is 0. The molecule has 0 unspecified atom stereocenters. The Kier molecular flexibility index (Phi) is 6.15. The number of aryl methyl sites for hydroxylation is 2. The Hall–Kier alpha value is -2.08. The van der Waals surface area contributed by atoms with Crippen LogP contribution in [0.2, 0.25) is 5.02 Å². The van der Waals surface area contributed by atoms with Gasteiger partial charge in [0.25, 0.3) is 0 Å². The minimum atomic E-state index is 0.438. The summed E-state index contributed by atoms with van der Waals surface area (Å²) in [6.07, 6.45) is 1.05. The van der Waals surface area contributed by atoms with Crippen molar-refractivity contribution in [3.8, 4) is 5.75 Å². The molecule has 2 heterocycles. The Morgan fingerprint density at radius 1 is 1.11 bits per heavy atom. The van der Waals surface area contributed by atoms with E-state index in [0.717, 1.165) is 73.4 Å². The monoisotopic (exact) mass is 399 g/mol. The lowest BCUT2D eigenvalue weighted by atomic mass is 10.2. The van der Waals surface area contributed by atoms with Crippen LogP contribution in [0.15, 0.2) is 42.5 Å². The maximum Gasteiger partial charge on any atom is 0.147 e. The molecule has 1 aliphatic rings. The van der Waals surface area contributed by atoms with E-state index in [-0.39, 0.29) is 0 Å². The molecule has 0 amide bonds. The number of morpholine rings is 1. The molecule has 1 aliphatic heterocycles. The van der Waals surface area contributed by atoms with E-state index in [1.165, 1.54) is 5.56 Å². The Balaban J connectivity index is 1.50. The van der Waals surface area contributed by atoms with Crippen molar-refractivity contribution >= 4 is 22.6 Å². The van der Waals surface area contributed by atoms with E-state index in [4.69, 9.17) is 26.1 Å². The molecular weight excluding hydrogens is 374 g/mol. The highest BCUT2D eigenvalue weighted by Gasteiger charge is 2.14.